The van der Waals surface area contributed by atoms with Crippen molar-refractivity contribution in [3.05, 3.63) is 0 Å². The van der Waals surface area contributed by atoms with Gasteiger partial charge in [0.2, 0.25) is 0 Å². The predicted octanol–water partition coefficient (Wildman–Crippen LogP) is 5.01. The molecule has 0 radical (unpaired) electrons. The van der Waals surface area contributed by atoms with Crippen molar-refractivity contribution in [3.8, 4) is 0 Å². The van der Waals surface area contributed by atoms with Crippen LogP contribution in [0.25, 0.3) is 0 Å². The van der Waals surface area contributed by atoms with Crippen LogP contribution in [0.2, 0.25) is 0 Å². The minimum absolute atomic E-state index is 0.475. The van der Waals surface area contributed by atoms with Crippen LogP contribution in [-0.4, -0.2) is 12.6 Å². The highest BCUT2D eigenvalue weighted by atomic mass is 14.9. The lowest BCUT2D eigenvalue weighted by Gasteiger charge is -2.34. The summed E-state index contributed by atoms with van der Waals surface area (Å²) in [4.78, 5) is 0. The van der Waals surface area contributed by atoms with Gasteiger partial charge in [0.25, 0.3) is 0 Å². The van der Waals surface area contributed by atoms with Crippen molar-refractivity contribution >= 4 is 0 Å². The summed E-state index contributed by atoms with van der Waals surface area (Å²) in [6.07, 6.45) is 10.0. The molecule has 0 saturated heterocycles. The Hall–Kier alpha value is -0.0400. The lowest BCUT2D eigenvalue weighted by molar-refractivity contribution is 0.213. The number of hydrogen-bond donors (Lipinski definition) is 1. The fraction of sp³-hybridized carbons (Fsp3) is 1.00. The van der Waals surface area contributed by atoms with Crippen LogP contribution in [0.1, 0.15) is 79.6 Å². The van der Waals surface area contributed by atoms with Gasteiger partial charge in [-0.1, -0.05) is 53.9 Å². The fourth-order valence-corrected chi connectivity index (χ4v) is 3.80. The summed E-state index contributed by atoms with van der Waals surface area (Å²) < 4.78 is 0. The van der Waals surface area contributed by atoms with Gasteiger partial charge >= 0.3 is 0 Å². The SMILES string of the molecule is CCNC(CC(C)CC(C)(C)C)C1CCCCC1. The summed E-state index contributed by atoms with van der Waals surface area (Å²) in [6, 6.07) is 0.771. The van der Waals surface area contributed by atoms with E-state index in [1.807, 2.05) is 0 Å². The second kappa shape index (κ2) is 7.53. The highest BCUT2D eigenvalue weighted by molar-refractivity contribution is 4.81. The first-order chi connectivity index (χ1) is 8.42. The summed E-state index contributed by atoms with van der Waals surface area (Å²) in [7, 11) is 0. The molecule has 1 aliphatic carbocycles. The molecule has 0 spiro atoms. The average molecular weight is 253 g/mol. The van der Waals surface area contributed by atoms with Crippen LogP contribution in [0, 0.1) is 17.3 Å². The van der Waals surface area contributed by atoms with Crippen LogP contribution in [0.15, 0.2) is 0 Å². The maximum absolute atomic E-state index is 3.77. The third-order valence-electron chi connectivity index (χ3n) is 4.30. The van der Waals surface area contributed by atoms with E-state index < -0.39 is 0 Å². The fourth-order valence-electron chi connectivity index (χ4n) is 3.80. The first-order valence-corrected chi connectivity index (χ1v) is 8.15. The Kier molecular flexibility index (Phi) is 6.70. The normalized spacial score (nSPS) is 21.8. The van der Waals surface area contributed by atoms with Gasteiger partial charge in [-0.25, -0.2) is 0 Å². The minimum atomic E-state index is 0.475. The Balaban J connectivity index is 2.45. The zero-order chi connectivity index (χ0) is 13.6. The van der Waals surface area contributed by atoms with Crippen LogP contribution in [0.3, 0.4) is 0 Å². The maximum Gasteiger partial charge on any atom is 0.00977 e. The van der Waals surface area contributed by atoms with Crippen LogP contribution < -0.4 is 5.32 Å². The summed E-state index contributed by atoms with van der Waals surface area (Å²) in [5.74, 6) is 1.79. The second-order valence-electron chi connectivity index (χ2n) is 7.67. The van der Waals surface area contributed by atoms with Gasteiger partial charge in [-0.05, 0) is 49.5 Å². The van der Waals surface area contributed by atoms with E-state index in [2.05, 4.69) is 39.9 Å². The lowest BCUT2D eigenvalue weighted by atomic mass is 9.77. The highest BCUT2D eigenvalue weighted by Crippen LogP contribution is 2.32. The van der Waals surface area contributed by atoms with Gasteiger partial charge in [-0.3, -0.25) is 0 Å². The predicted molar refractivity (Wildman–Crippen MR) is 81.9 cm³/mol. The average Bonchev–Trinajstić information content (AvgIpc) is 2.27. The Bertz CT molecular complexity index is 210. The van der Waals surface area contributed by atoms with Crippen molar-refractivity contribution in [1.82, 2.24) is 5.32 Å². The van der Waals surface area contributed by atoms with Crippen molar-refractivity contribution in [2.75, 3.05) is 6.54 Å². The topological polar surface area (TPSA) is 12.0 Å². The summed E-state index contributed by atoms with van der Waals surface area (Å²) in [5.41, 5.74) is 0.475. The molecule has 0 aromatic heterocycles. The molecule has 0 aromatic carbocycles. The van der Waals surface area contributed by atoms with Crippen LogP contribution in [0.5, 0.6) is 0 Å². The number of rotatable bonds is 6. The van der Waals surface area contributed by atoms with Crippen molar-refractivity contribution < 1.29 is 0 Å². The molecular formula is C17H35N. The maximum atomic E-state index is 3.77. The minimum Gasteiger partial charge on any atom is -0.314 e. The molecule has 2 unspecified atom stereocenters. The first kappa shape index (κ1) is 16.0. The smallest absolute Gasteiger partial charge is 0.00977 e. The Labute approximate surface area is 115 Å². The Morgan fingerprint density at radius 3 is 2.22 bits per heavy atom. The van der Waals surface area contributed by atoms with Crippen LogP contribution >= 0.6 is 0 Å². The van der Waals surface area contributed by atoms with E-state index in [0.29, 0.717) is 5.41 Å². The van der Waals surface area contributed by atoms with Crippen molar-refractivity contribution in [2.45, 2.75) is 85.6 Å². The van der Waals surface area contributed by atoms with Crippen LogP contribution in [-0.2, 0) is 0 Å². The zero-order valence-corrected chi connectivity index (χ0v) is 13.4. The quantitative estimate of drug-likeness (QED) is 0.702. The van der Waals surface area contributed by atoms with Gasteiger partial charge in [0, 0.05) is 6.04 Å². The van der Waals surface area contributed by atoms with E-state index in [-0.39, 0.29) is 0 Å². The van der Waals surface area contributed by atoms with Gasteiger partial charge in [0.05, 0.1) is 0 Å². The molecule has 0 aliphatic heterocycles. The zero-order valence-electron chi connectivity index (χ0n) is 13.4. The molecule has 1 nitrogen and oxygen atoms in total. The summed E-state index contributed by atoms with van der Waals surface area (Å²) in [5, 5.41) is 3.77. The molecule has 1 rings (SSSR count). The molecule has 1 saturated carbocycles. The van der Waals surface area contributed by atoms with Gasteiger partial charge in [0.15, 0.2) is 0 Å². The van der Waals surface area contributed by atoms with E-state index in [0.717, 1.165) is 24.4 Å². The number of nitrogens with one attached hydrogen (secondary N) is 1. The van der Waals surface area contributed by atoms with E-state index in [9.17, 15) is 0 Å². The number of hydrogen-bond acceptors (Lipinski definition) is 1. The third kappa shape index (κ3) is 6.22. The molecule has 0 bridgehead atoms. The lowest BCUT2D eigenvalue weighted by Crippen LogP contribution is -2.38. The molecule has 0 amide bonds. The van der Waals surface area contributed by atoms with Crippen molar-refractivity contribution in [3.63, 3.8) is 0 Å². The second-order valence-corrected chi connectivity index (χ2v) is 7.67. The Morgan fingerprint density at radius 2 is 1.72 bits per heavy atom. The monoisotopic (exact) mass is 253 g/mol. The summed E-state index contributed by atoms with van der Waals surface area (Å²) in [6.45, 7) is 12.9. The largest absolute Gasteiger partial charge is 0.314 e. The van der Waals surface area contributed by atoms with E-state index >= 15 is 0 Å². The van der Waals surface area contributed by atoms with Gasteiger partial charge in [-0.2, -0.15) is 0 Å². The molecule has 1 N–H and O–H groups in total. The molecule has 108 valence electrons. The van der Waals surface area contributed by atoms with Gasteiger partial charge in [-0.15, -0.1) is 0 Å². The molecule has 1 heteroatoms. The van der Waals surface area contributed by atoms with Gasteiger partial charge < -0.3 is 5.32 Å². The van der Waals surface area contributed by atoms with E-state index in [4.69, 9.17) is 0 Å². The molecule has 2 atom stereocenters. The molecule has 0 aromatic rings. The van der Waals surface area contributed by atoms with E-state index in [1.54, 1.807) is 0 Å². The highest BCUT2D eigenvalue weighted by Gasteiger charge is 2.25. The Morgan fingerprint density at radius 1 is 1.11 bits per heavy atom. The van der Waals surface area contributed by atoms with Gasteiger partial charge in [0.1, 0.15) is 0 Å². The van der Waals surface area contributed by atoms with Crippen molar-refractivity contribution in [2.24, 2.45) is 17.3 Å². The molecule has 1 fully saturated rings. The summed E-state index contributed by atoms with van der Waals surface area (Å²) >= 11 is 0. The van der Waals surface area contributed by atoms with Crippen LogP contribution in [0.4, 0.5) is 0 Å². The molecule has 18 heavy (non-hydrogen) atoms. The first-order valence-electron chi connectivity index (χ1n) is 8.15. The van der Waals surface area contributed by atoms with E-state index in [1.165, 1.54) is 44.9 Å². The molecular weight excluding hydrogens is 218 g/mol. The standard InChI is InChI=1S/C17H35N/c1-6-18-16(15-10-8-7-9-11-15)12-14(2)13-17(3,4)5/h14-16,18H,6-13H2,1-5H3. The molecule has 1 aliphatic rings. The third-order valence-corrected chi connectivity index (χ3v) is 4.30. The van der Waals surface area contributed by atoms with Crippen molar-refractivity contribution in [1.29, 1.82) is 0 Å². The molecule has 0 heterocycles.